The molecule has 3 N–H and O–H groups in total. The summed E-state index contributed by atoms with van der Waals surface area (Å²) in [5, 5.41) is 7.45. The number of nitrogens with one attached hydrogen (secondary N) is 3. The Morgan fingerprint density at radius 2 is 1.61 bits per heavy atom. The van der Waals surface area contributed by atoms with Crippen molar-refractivity contribution in [2.45, 2.75) is 19.9 Å². The minimum absolute atomic E-state index is 0.00989. The molecule has 2 rings (SSSR count). The average Bonchev–Trinajstić information content (AvgIpc) is 2.66. The second-order valence-corrected chi connectivity index (χ2v) is 6.32. The highest BCUT2D eigenvalue weighted by molar-refractivity contribution is 5.95. The summed E-state index contributed by atoms with van der Waals surface area (Å²) in [6.45, 7) is 2.86. The lowest BCUT2D eigenvalue weighted by Gasteiger charge is -2.21. The Labute approximate surface area is 162 Å². The standard InChI is InChI=1S/C20H22FN3O4/c1-13(2)18(24-20(27)22-14-8-4-3-5-9-14)19(26)28-12-17(25)23-16-11-7-6-10-15(16)21/h3-11,13,18H,12H2,1-2H3,(H,23,25)(H2,22,24,27)/t18-/m1/s1. The van der Waals surface area contributed by atoms with Crippen LogP contribution in [0.25, 0.3) is 0 Å². The van der Waals surface area contributed by atoms with Gasteiger partial charge in [-0.25, -0.2) is 14.0 Å². The molecule has 0 heterocycles. The van der Waals surface area contributed by atoms with Crippen LogP contribution in [0, 0.1) is 11.7 Å². The van der Waals surface area contributed by atoms with E-state index in [2.05, 4.69) is 16.0 Å². The van der Waals surface area contributed by atoms with Gasteiger partial charge in [0.15, 0.2) is 6.61 Å². The second kappa shape index (κ2) is 10.1. The maximum absolute atomic E-state index is 13.5. The minimum Gasteiger partial charge on any atom is -0.454 e. The number of carbonyl (C=O) groups excluding carboxylic acids is 3. The van der Waals surface area contributed by atoms with E-state index < -0.39 is 36.4 Å². The number of halogens is 1. The van der Waals surface area contributed by atoms with Crippen LogP contribution in [0.5, 0.6) is 0 Å². The zero-order chi connectivity index (χ0) is 20.5. The fourth-order valence-corrected chi connectivity index (χ4v) is 2.30. The normalized spacial score (nSPS) is 11.4. The summed E-state index contributed by atoms with van der Waals surface area (Å²) in [7, 11) is 0. The first-order chi connectivity index (χ1) is 13.4. The van der Waals surface area contributed by atoms with Crippen LogP contribution in [0.2, 0.25) is 0 Å². The molecule has 28 heavy (non-hydrogen) atoms. The molecule has 0 saturated carbocycles. The molecule has 2 aromatic carbocycles. The highest BCUT2D eigenvalue weighted by atomic mass is 19.1. The number of amides is 3. The summed E-state index contributed by atoms with van der Waals surface area (Å²) in [5.74, 6) is -2.32. The monoisotopic (exact) mass is 387 g/mol. The van der Waals surface area contributed by atoms with E-state index in [0.717, 1.165) is 0 Å². The third-order valence-electron chi connectivity index (χ3n) is 3.73. The van der Waals surface area contributed by atoms with Gasteiger partial charge in [-0.2, -0.15) is 0 Å². The van der Waals surface area contributed by atoms with Crippen molar-refractivity contribution in [3.8, 4) is 0 Å². The number of urea groups is 1. The molecular weight excluding hydrogens is 365 g/mol. The van der Waals surface area contributed by atoms with E-state index in [1.807, 2.05) is 6.07 Å². The molecule has 0 aromatic heterocycles. The molecular formula is C20H22FN3O4. The van der Waals surface area contributed by atoms with Crippen molar-refractivity contribution in [3.63, 3.8) is 0 Å². The molecule has 2 aromatic rings. The summed E-state index contributed by atoms with van der Waals surface area (Å²) in [6, 6.07) is 12.9. The fourth-order valence-electron chi connectivity index (χ4n) is 2.30. The lowest BCUT2D eigenvalue weighted by molar-refractivity contribution is -0.150. The predicted octanol–water partition coefficient (Wildman–Crippen LogP) is 3.15. The van der Waals surface area contributed by atoms with Crippen LogP contribution < -0.4 is 16.0 Å². The first-order valence-electron chi connectivity index (χ1n) is 8.70. The molecule has 8 heteroatoms. The minimum atomic E-state index is -0.954. The van der Waals surface area contributed by atoms with E-state index in [4.69, 9.17) is 4.74 Å². The largest absolute Gasteiger partial charge is 0.454 e. The molecule has 0 radical (unpaired) electrons. The van der Waals surface area contributed by atoms with E-state index in [1.54, 1.807) is 44.2 Å². The lowest BCUT2D eigenvalue weighted by atomic mass is 10.1. The average molecular weight is 387 g/mol. The molecule has 0 unspecified atom stereocenters. The van der Waals surface area contributed by atoms with Gasteiger partial charge in [0.25, 0.3) is 5.91 Å². The lowest BCUT2D eigenvalue weighted by Crippen LogP contribution is -2.47. The molecule has 3 amide bonds. The van der Waals surface area contributed by atoms with Crippen molar-refractivity contribution >= 4 is 29.3 Å². The van der Waals surface area contributed by atoms with Crippen molar-refractivity contribution in [3.05, 3.63) is 60.4 Å². The molecule has 0 spiro atoms. The van der Waals surface area contributed by atoms with Crippen LogP contribution in [0.15, 0.2) is 54.6 Å². The third-order valence-corrected chi connectivity index (χ3v) is 3.73. The Bertz CT molecular complexity index is 827. The number of benzene rings is 2. The highest BCUT2D eigenvalue weighted by Crippen LogP contribution is 2.12. The maximum atomic E-state index is 13.5. The first-order valence-corrected chi connectivity index (χ1v) is 8.70. The van der Waals surface area contributed by atoms with Crippen molar-refractivity contribution in [2.24, 2.45) is 5.92 Å². The molecule has 0 fully saturated rings. The van der Waals surface area contributed by atoms with Gasteiger partial charge in [0, 0.05) is 5.69 Å². The number of carbonyl (C=O) groups is 3. The van der Waals surface area contributed by atoms with Crippen molar-refractivity contribution in [1.29, 1.82) is 0 Å². The topological polar surface area (TPSA) is 96.5 Å². The smallest absolute Gasteiger partial charge is 0.329 e. The Kier molecular flexibility index (Phi) is 7.50. The SMILES string of the molecule is CC(C)[C@@H](NC(=O)Nc1ccccc1)C(=O)OCC(=O)Nc1ccccc1F. The van der Waals surface area contributed by atoms with Crippen molar-refractivity contribution in [2.75, 3.05) is 17.2 Å². The van der Waals surface area contributed by atoms with E-state index >= 15 is 0 Å². The van der Waals surface area contributed by atoms with Gasteiger partial charge >= 0.3 is 12.0 Å². The van der Waals surface area contributed by atoms with Gasteiger partial charge in [-0.3, -0.25) is 4.79 Å². The maximum Gasteiger partial charge on any atom is 0.329 e. The Morgan fingerprint density at radius 1 is 0.964 bits per heavy atom. The molecule has 1 atom stereocenters. The quantitative estimate of drug-likeness (QED) is 0.636. The zero-order valence-corrected chi connectivity index (χ0v) is 15.6. The molecule has 0 bridgehead atoms. The summed E-state index contributed by atoms with van der Waals surface area (Å²) in [6.07, 6.45) is 0. The molecule has 0 aliphatic carbocycles. The summed E-state index contributed by atoms with van der Waals surface area (Å²) in [4.78, 5) is 36.2. The van der Waals surface area contributed by atoms with Gasteiger partial charge in [-0.05, 0) is 30.2 Å². The van der Waals surface area contributed by atoms with Crippen LogP contribution in [-0.2, 0) is 14.3 Å². The van der Waals surface area contributed by atoms with Crippen LogP contribution in [0.4, 0.5) is 20.6 Å². The van der Waals surface area contributed by atoms with Gasteiger partial charge in [0.2, 0.25) is 0 Å². The third kappa shape index (κ3) is 6.39. The van der Waals surface area contributed by atoms with Crippen LogP contribution in [-0.4, -0.2) is 30.6 Å². The van der Waals surface area contributed by atoms with Crippen LogP contribution >= 0.6 is 0 Å². The fraction of sp³-hybridized carbons (Fsp3) is 0.250. The Balaban J connectivity index is 1.87. The summed E-state index contributed by atoms with van der Waals surface area (Å²) < 4.78 is 18.5. The van der Waals surface area contributed by atoms with Crippen molar-refractivity contribution < 1.29 is 23.5 Å². The molecule has 0 aliphatic rings. The summed E-state index contributed by atoms with van der Waals surface area (Å²) >= 11 is 0. The first kappa shape index (κ1) is 20.9. The van der Waals surface area contributed by atoms with Gasteiger partial charge in [0.1, 0.15) is 11.9 Å². The number of esters is 1. The number of hydrogen-bond acceptors (Lipinski definition) is 4. The molecule has 0 aliphatic heterocycles. The Hall–Kier alpha value is -3.42. The van der Waals surface area contributed by atoms with Gasteiger partial charge in [0.05, 0.1) is 5.69 Å². The van der Waals surface area contributed by atoms with E-state index in [9.17, 15) is 18.8 Å². The Morgan fingerprint density at radius 3 is 2.25 bits per heavy atom. The van der Waals surface area contributed by atoms with Crippen LogP contribution in [0.1, 0.15) is 13.8 Å². The van der Waals surface area contributed by atoms with E-state index in [0.29, 0.717) is 5.69 Å². The number of anilines is 2. The van der Waals surface area contributed by atoms with E-state index in [1.165, 1.54) is 18.2 Å². The number of hydrogen-bond donors (Lipinski definition) is 3. The predicted molar refractivity (Wildman–Crippen MR) is 103 cm³/mol. The second-order valence-electron chi connectivity index (χ2n) is 6.32. The zero-order valence-electron chi connectivity index (χ0n) is 15.6. The molecule has 7 nitrogen and oxygen atoms in total. The van der Waals surface area contributed by atoms with Crippen LogP contribution in [0.3, 0.4) is 0 Å². The number of rotatable bonds is 7. The molecule has 0 saturated heterocycles. The number of para-hydroxylation sites is 2. The van der Waals surface area contributed by atoms with Gasteiger partial charge in [-0.15, -0.1) is 0 Å². The molecule has 148 valence electrons. The number of ether oxygens (including phenoxy) is 1. The van der Waals surface area contributed by atoms with E-state index in [-0.39, 0.29) is 11.6 Å². The summed E-state index contributed by atoms with van der Waals surface area (Å²) in [5.41, 5.74) is 0.560. The highest BCUT2D eigenvalue weighted by Gasteiger charge is 2.26. The van der Waals surface area contributed by atoms with Gasteiger partial charge < -0.3 is 20.7 Å². The van der Waals surface area contributed by atoms with Crippen molar-refractivity contribution in [1.82, 2.24) is 5.32 Å². The van der Waals surface area contributed by atoms with Gasteiger partial charge in [-0.1, -0.05) is 44.2 Å².